The number of alkyl halides is 3. The van der Waals surface area contributed by atoms with Crippen LogP contribution in [0.3, 0.4) is 0 Å². The van der Waals surface area contributed by atoms with Crippen LogP contribution < -0.4 is 0 Å². The second kappa shape index (κ2) is 4.89. The summed E-state index contributed by atoms with van der Waals surface area (Å²) in [5.41, 5.74) is 1.32. The Balaban J connectivity index is 2.38. The number of nitrogens with zero attached hydrogens (tertiary/aromatic N) is 2. The summed E-state index contributed by atoms with van der Waals surface area (Å²) in [6, 6.07) is 6.79. The molecule has 0 unspecified atom stereocenters. The van der Waals surface area contributed by atoms with Gasteiger partial charge in [-0.2, -0.15) is 13.2 Å². The van der Waals surface area contributed by atoms with Crippen LogP contribution in [-0.2, 0) is 11.6 Å². The van der Waals surface area contributed by atoms with Gasteiger partial charge in [0.2, 0.25) is 0 Å². The zero-order valence-corrected chi connectivity index (χ0v) is 11.5. The summed E-state index contributed by atoms with van der Waals surface area (Å²) in [7, 11) is 0. The summed E-state index contributed by atoms with van der Waals surface area (Å²) in [5, 5.41) is 0. The number of benzene rings is 1. The van der Waals surface area contributed by atoms with Crippen LogP contribution >= 0.6 is 0 Å². The average Bonchev–Trinajstić information content (AvgIpc) is 2.37. The Morgan fingerprint density at radius 3 is 2.00 bits per heavy atom. The standard InChI is InChI=1S/C15H15F3N2/c1-14(2,3)13-8-12(19-9-20-13)10-4-6-11(7-5-10)15(16,17)18/h4-9H,1-3H3. The summed E-state index contributed by atoms with van der Waals surface area (Å²) < 4.78 is 37.6. The fourth-order valence-corrected chi connectivity index (χ4v) is 1.76. The average molecular weight is 280 g/mol. The fraction of sp³-hybridized carbons (Fsp3) is 0.333. The third kappa shape index (κ3) is 3.15. The van der Waals surface area contributed by atoms with E-state index in [4.69, 9.17) is 0 Å². The van der Waals surface area contributed by atoms with Gasteiger partial charge in [0.1, 0.15) is 6.33 Å². The maximum Gasteiger partial charge on any atom is 0.416 e. The first kappa shape index (κ1) is 14.5. The first-order valence-corrected chi connectivity index (χ1v) is 6.18. The molecule has 0 fully saturated rings. The van der Waals surface area contributed by atoms with Crippen molar-refractivity contribution >= 4 is 0 Å². The highest BCUT2D eigenvalue weighted by Gasteiger charge is 2.30. The normalized spacial score (nSPS) is 12.5. The topological polar surface area (TPSA) is 25.8 Å². The molecule has 0 amide bonds. The highest BCUT2D eigenvalue weighted by atomic mass is 19.4. The van der Waals surface area contributed by atoms with Crippen LogP contribution in [0.25, 0.3) is 11.3 Å². The molecule has 0 bridgehead atoms. The lowest BCUT2D eigenvalue weighted by Gasteiger charge is -2.17. The summed E-state index contributed by atoms with van der Waals surface area (Å²) in [6.45, 7) is 6.06. The molecular formula is C15H15F3N2. The van der Waals surface area contributed by atoms with Crippen molar-refractivity contribution in [3.8, 4) is 11.3 Å². The van der Waals surface area contributed by atoms with Crippen LogP contribution in [0.2, 0.25) is 0 Å². The number of hydrogen-bond donors (Lipinski definition) is 0. The Hall–Kier alpha value is -1.91. The first-order valence-electron chi connectivity index (χ1n) is 6.18. The number of rotatable bonds is 1. The van der Waals surface area contributed by atoms with E-state index >= 15 is 0 Å². The van der Waals surface area contributed by atoms with E-state index in [1.54, 1.807) is 0 Å². The largest absolute Gasteiger partial charge is 0.416 e. The smallest absolute Gasteiger partial charge is 0.241 e. The van der Waals surface area contributed by atoms with Gasteiger partial charge in [-0.25, -0.2) is 9.97 Å². The minimum Gasteiger partial charge on any atom is -0.241 e. The van der Waals surface area contributed by atoms with Crippen molar-refractivity contribution < 1.29 is 13.2 Å². The summed E-state index contributed by atoms with van der Waals surface area (Å²) >= 11 is 0. The van der Waals surface area contributed by atoms with Gasteiger partial charge < -0.3 is 0 Å². The molecule has 106 valence electrons. The Labute approximate surface area is 115 Å². The summed E-state index contributed by atoms with van der Waals surface area (Å²) in [6.07, 6.45) is -2.88. The van der Waals surface area contributed by atoms with E-state index < -0.39 is 11.7 Å². The molecule has 0 aliphatic rings. The van der Waals surface area contributed by atoms with Gasteiger partial charge in [0.25, 0.3) is 0 Å². The number of hydrogen-bond acceptors (Lipinski definition) is 2. The molecule has 0 N–H and O–H groups in total. The molecule has 1 aromatic carbocycles. The van der Waals surface area contributed by atoms with Crippen LogP contribution in [0.1, 0.15) is 32.0 Å². The summed E-state index contributed by atoms with van der Waals surface area (Å²) in [4.78, 5) is 8.32. The molecule has 2 nitrogen and oxygen atoms in total. The van der Waals surface area contributed by atoms with Crippen molar-refractivity contribution in [3.63, 3.8) is 0 Å². The molecular weight excluding hydrogens is 265 g/mol. The van der Waals surface area contributed by atoms with Crippen LogP contribution in [0.5, 0.6) is 0 Å². The number of halogens is 3. The van der Waals surface area contributed by atoms with Gasteiger partial charge in [-0.15, -0.1) is 0 Å². The van der Waals surface area contributed by atoms with Crippen molar-refractivity contribution in [3.05, 3.63) is 47.9 Å². The molecule has 0 spiro atoms. The molecule has 0 saturated heterocycles. The Bertz CT molecular complexity index is 596. The van der Waals surface area contributed by atoms with Crippen LogP contribution in [-0.4, -0.2) is 9.97 Å². The van der Waals surface area contributed by atoms with Crippen LogP contribution in [0.4, 0.5) is 13.2 Å². The van der Waals surface area contributed by atoms with E-state index in [-0.39, 0.29) is 5.41 Å². The maximum absolute atomic E-state index is 12.5. The molecule has 20 heavy (non-hydrogen) atoms. The number of aromatic nitrogens is 2. The quantitative estimate of drug-likeness (QED) is 0.770. The van der Waals surface area contributed by atoms with Crippen LogP contribution in [0, 0.1) is 0 Å². The molecule has 2 rings (SSSR count). The fourth-order valence-electron chi connectivity index (χ4n) is 1.76. The van der Waals surface area contributed by atoms with E-state index in [0.717, 1.165) is 17.8 Å². The molecule has 0 radical (unpaired) electrons. The zero-order chi connectivity index (χ0) is 15.0. The van der Waals surface area contributed by atoms with Crippen molar-refractivity contribution in [1.29, 1.82) is 0 Å². The van der Waals surface area contributed by atoms with Gasteiger partial charge in [0.15, 0.2) is 0 Å². The van der Waals surface area contributed by atoms with Crippen molar-refractivity contribution in [2.75, 3.05) is 0 Å². The minimum absolute atomic E-state index is 0.135. The van der Waals surface area contributed by atoms with Gasteiger partial charge >= 0.3 is 6.18 Å². The third-order valence-corrected chi connectivity index (χ3v) is 2.94. The van der Waals surface area contributed by atoms with E-state index in [2.05, 4.69) is 9.97 Å². The second-order valence-corrected chi connectivity index (χ2v) is 5.61. The lowest BCUT2D eigenvalue weighted by atomic mass is 9.91. The molecule has 5 heteroatoms. The Morgan fingerprint density at radius 1 is 0.900 bits per heavy atom. The maximum atomic E-state index is 12.5. The monoisotopic (exact) mass is 280 g/mol. The van der Waals surface area contributed by atoms with Crippen molar-refractivity contribution in [2.45, 2.75) is 32.4 Å². The molecule has 0 aliphatic heterocycles. The lowest BCUT2D eigenvalue weighted by Crippen LogP contribution is -2.13. The Morgan fingerprint density at radius 2 is 1.50 bits per heavy atom. The van der Waals surface area contributed by atoms with E-state index in [0.29, 0.717) is 11.3 Å². The van der Waals surface area contributed by atoms with Gasteiger partial charge in [-0.1, -0.05) is 32.9 Å². The lowest BCUT2D eigenvalue weighted by molar-refractivity contribution is -0.137. The van der Waals surface area contributed by atoms with E-state index in [1.165, 1.54) is 18.5 Å². The summed E-state index contributed by atoms with van der Waals surface area (Å²) in [5.74, 6) is 0. The molecule has 1 aromatic heterocycles. The van der Waals surface area contributed by atoms with Gasteiger partial charge in [-0.3, -0.25) is 0 Å². The minimum atomic E-state index is -4.32. The predicted octanol–water partition coefficient (Wildman–Crippen LogP) is 4.46. The molecule has 2 aromatic rings. The third-order valence-electron chi connectivity index (χ3n) is 2.94. The van der Waals surface area contributed by atoms with Crippen molar-refractivity contribution in [2.24, 2.45) is 0 Å². The SMILES string of the molecule is CC(C)(C)c1cc(-c2ccc(C(F)(F)F)cc2)ncn1. The van der Waals surface area contributed by atoms with E-state index in [9.17, 15) is 13.2 Å². The van der Waals surface area contributed by atoms with Crippen molar-refractivity contribution in [1.82, 2.24) is 9.97 Å². The molecule has 0 atom stereocenters. The highest BCUT2D eigenvalue weighted by Crippen LogP contribution is 2.31. The Kier molecular flexibility index (Phi) is 3.54. The van der Waals surface area contributed by atoms with Gasteiger partial charge in [-0.05, 0) is 18.2 Å². The zero-order valence-electron chi connectivity index (χ0n) is 11.5. The first-order chi connectivity index (χ1) is 9.18. The van der Waals surface area contributed by atoms with Crippen LogP contribution in [0.15, 0.2) is 36.7 Å². The second-order valence-electron chi connectivity index (χ2n) is 5.61. The van der Waals surface area contributed by atoms with Gasteiger partial charge in [0.05, 0.1) is 11.3 Å². The molecule has 0 aliphatic carbocycles. The van der Waals surface area contributed by atoms with E-state index in [1.807, 2.05) is 26.8 Å². The van der Waals surface area contributed by atoms with Gasteiger partial charge in [0, 0.05) is 16.7 Å². The predicted molar refractivity (Wildman–Crippen MR) is 71.2 cm³/mol. The molecule has 0 saturated carbocycles. The molecule has 1 heterocycles. The highest BCUT2D eigenvalue weighted by molar-refractivity contribution is 5.59.